The van der Waals surface area contributed by atoms with E-state index in [-0.39, 0.29) is 24.0 Å². The Morgan fingerprint density at radius 3 is 2.56 bits per heavy atom. The van der Waals surface area contributed by atoms with Gasteiger partial charge < -0.3 is 19.7 Å². The fourth-order valence-electron chi connectivity index (χ4n) is 3.78. The van der Waals surface area contributed by atoms with Crippen LogP contribution in [0.5, 0.6) is 5.75 Å². The number of esters is 1. The van der Waals surface area contributed by atoms with Crippen LogP contribution < -0.4 is 15.4 Å². The van der Waals surface area contributed by atoms with Crippen molar-refractivity contribution in [3.05, 3.63) is 65.7 Å². The smallest absolute Gasteiger partial charge is 0.308 e. The second kappa shape index (κ2) is 14.2. The SMILES string of the molecule is CCCCCCOc1ccc(C(=O)NC(=S)N2CCNC(=O)C2CC(=O)OCc2ccccc2)cc1. The average Bonchev–Trinajstić information content (AvgIpc) is 2.89. The summed E-state index contributed by atoms with van der Waals surface area (Å²) in [6.07, 6.45) is 4.31. The van der Waals surface area contributed by atoms with Crippen molar-refractivity contribution >= 4 is 35.1 Å². The van der Waals surface area contributed by atoms with Crippen molar-refractivity contribution in [1.82, 2.24) is 15.5 Å². The Labute approximate surface area is 217 Å². The number of carbonyl (C=O) groups excluding carboxylic acids is 3. The maximum Gasteiger partial charge on any atom is 0.308 e. The molecule has 0 aromatic heterocycles. The van der Waals surface area contributed by atoms with Crippen LogP contribution in [0.2, 0.25) is 0 Å². The summed E-state index contributed by atoms with van der Waals surface area (Å²) in [4.78, 5) is 39.3. The molecule has 3 rings (SSSR count). The number of nitrogens with one attached hydrogen (secondary N) is 2. The number of amides is 2. The predicted octanol–water partition coefficient (Wildman–Crippen LogP) is 3.59. The highest BCUT2D eigenvalue weighted by atomic mass is 32.1. The Kier molecular flexibility index (Phi) is 10.7. The summed E-state index contributed by atoms with van der Waals surface area (Å²) in [5, 5.41) is 5.51. The molecule has 1 heterocycles. The highest BCUT2D eigenvalue weighted by Crippen LogP contribution is 2.15. The van der Waals surface area contributed by atoms with E-state index in [1.165, 1.54) is 12.8 Å². The maximum atomic E-state index is 12.8. The van der Waals surface area contributed by atoms with E-state index in [0.29, 0.717) is 31.0 Å². The molecule has 8 nitrogen and oxygen atoms in total. The van der Waals surface area contributed by atoms with Gasteiger partial charge in [0.2, 0.25) is 5.91 Å². The van der Waals surface area contributed by atoms with Crippen molar-refractivity contribution in [2.24, 2.45) is 0 Å². The van der Waals surface area contributed by atoms with Crippen molar-refractivity contribution in [2.75, 3.05) is 19.7 Å². The van der Waals surface area contributed by atoms with Crippen LogP contribution in [0, 0.1) is 0 Å². The van der Waals surface area contributed by atoms with Gasteiger partial charge in [-0.25, -0.2) is 0 Å². The third-order valence-electron chi connectivity index (χ3n) is 5.80. The van der Waals surface area contributed by atoms with Gasteiger partial charge in [-0.2, -0.15) is 0 Å². The largest absolute Gasteiger partial charge is 0.494 e. The summed E-state index contributed by atoms with van der Waals surface area (Å²) in [7, 11) is 0. The molecule has 0 bridgehead atoms. The van der Waals surface area contributed by atoms with Crippen molar-refractivity contribution in [1.29, 1.82) is 0 Å². The summed E-state index contributed by atoms with van der Waals surface area (Å²) in [5.41, 5.74) is 1.27. The van der Waals surface area contributed by atoms with E-state index < -0.39 is 17.9 Å². The second-order valence-corrected chi connectivity index (χ2v) is 8.93. The van der Waals surface area contributed by atoms with Gasteiger partial charge in [-0.15, -0.1) is 0 Å². The Morgan fingerprint density at radius 2 is 1.83 bits per heavy atom. The lowest BCUT2D eigenvalue weighted by Crippen LogP contribution is -2.60. The maximum absolute atomic E-state index is 12.8. The van der Waals surface area contributed by atoms with E-state index >= 15 is 0 Å². The molecule has 0 radical (unpaired) electrons. The quantitative estimate of drug-likeness (QED) is 0.270. The number of piperazine rings is 1. The standard InChI is InChI=1S/C27H33N3O5S/c1-2-3-4-8-17-34-22-13-11-21(12-14-22)25(32)29-27(36)30-16-15-28-26(33)23(30)18-24(31)35-19-20-9-6-5-7-10-20/h5-7,9-14,23H,2-4,8,15-19H2,1H3,(H,28,33)(H,29,32,36). The van der Waals surface area contributed by atoms with Crippen LogP contribution in [-0.2, 0) is 20.9 Å². The lowest BCUT2D eigenvalue weighted by molar-refractivity contribution is -0.148. The van der Waals surface area contributed by atoms with E-state index in [2.05, 4.69) is 17.6 Å². The summed E-state index contributed by atoms with van der Waals surface area (Å²) in [6.45, 7) is 3.65. The average molecular weight is 512 g/mol. The van der Waals surface area contributed by atoms with Crippen LogP contribution >= 0.6 is 12.2 Å². The number of benzene rings is 2. The zero-order valence-electron chi connectivity index (χ0n) is 20.5. The van der Waals surface area contributed by atoms with E-state index in [0.717, 1.165) is 18.4 Å². The molecular weight excluding hydrogens is 478 g/mol. The van der Waals surface area contributed by atoms with Gasteiger partial charge in [0.05, 0.1) is 13.0 Å². The molecule has 2 aromatic carbocycles. The van der Waals surface area contributed by atoms with Gasteiger partial charge in [-0.05, 0) is 48.5 Å². The van der Waals surface area contributed by atoms with Crippen molar-refractivity contribution < 1.29 is 23.9 Å². The molecule has 0 spiro atoms. The second-order valence-electron chi connectivity index (χ2n) is 8.54. The Balaban J connectivity index is 1.52. The van der Waals surface area contributed by atoms with Crippen LogP contribution in [-0.4, -0.2) is 53.5 Å². The summed E-state index contributed by atoms with van der Waals surface area (Å²) < 4.78 is 11.0. The predicted molar refractivity (Wildman–Crippen MR) is 141 cm³/mol. The normalized spacial score (nSPS) is 15.1. The van der Waals surface area contributed by atoms with Crippen molar-refractivity contribution in [3.8, 4) is 5.75 Å². The molecule has 1 aliphatic heterocycles. The van der Waals surface area contributed by atoms with Crippen LogP contribution in [0.1, 0.15) is 54.9 Å². The van der Waals surface area contributed by atoms with Gasteiger partial charge in [0.25, 0.3) is 5.91 Å². The van der Waals surface area contributed by atoms with E-state index in [4.69, 9.17) is 21.7 Å². The zero-order valence-corrected chi connectivity index (χ0v) is 21.4. The summed E-state index contributed by atoms with van der Waals surface area (Å²) >= 11 is 5.43. The number of ether oxygens (including phenoxy) is 2. The molecule has 9 heteroatoms. The molecule has 1 saturated heterocycles. The zero-order chi connectivity index (χ0) is 25.8. The Bertz CT molecular complexity index is 1030. The topological polar surface area (TPSA) is 97.0 Å². The van der Waals surface area contributed by atoms with Crippen molar-refractivity contribution in [2.45, 2.75) is 51.7 Å². The third kappa shape index (κ3) is 8.34. The molecule has 36 heavy (non-hydrogen) atoms. The minimum atomic E-state index is -0.863. The molecule has 1 fully saturated rings. The number of hydrogen-bond acceptors (Lipinski definition) is 6. The number of thiocarbonyl (C=S) groups is 1. The third-order valence-corrected chi connectivity index (χ3v) is 6.13. The molecule has 192 valence electrons. The molecule has 0 aliphatic carbocycles. The van der Waals surface area contributed by atoms with Gasteiger partial charge in [0.15, 0.2) is 5.11 Å². The van der Waals surface area contributed by atoms with Crippen LogP contribution in [0.15, 0.2) is 54.6 Å². The van der Waals surface area contributed by atoms with Crippen LogP contribution in [0.25, 0.3) is 0 Å². The molecule has 2 aromatic rings. The van der Waals surface area contributed by atoms with Gasteiger partial charge in [0, 0.05) is 18.7 Å². The van der Waals surface area contributed by atoms with E-state index in [1.807, 2.05) is 30.3 Å². The number of rotatable bonds is 11. The highest BCUT2D eigenvalue weighted by Gasteiger charge is 2.34. The fraction of sp³-hybridized carbons (Fsp3) is 0.407. The molecule has 1 aliphatic rings. The minimum absolute atomic E-state index is 0.0898. The van der Waals surface area contributed by atoms with Gasteiger partial charge in [-0.3, -0.25) is 19.7 Å². The summed E-state index contributed by atoms with van der Waals surface area (Å²) in [5.74, 6) is -0.557. The molecule has 2 amide bonds. The number of carbonyl (C=O) groups is 3. The minimum Gasteiger partial charge on any atom is -0.494 e. The molecule has 0 saturated carbocycles. The number of unbranched alkanes of at least 4 members (excludes halogenated alkanes) is 3. The lowest BCUT2D eigenvalue weighted by atomic mass is 10.1. The van der Waals surface area contributed by atoms with Crippen molar-refractivity contribution in [3.63, 3.8) is 0 Å². The molecule has 1 unspecified atom stereocenters. The molecular formula is C27H33N3O5S. The van der Waals surface area contributed by atoms with Gasteiger partial charge in [0.1, 0.15) is 18.4 Å². The van der Waals surface area contributed by atoms with E-state index in [1.54, 1.807) is 29.2 Å². The monoisotopic (exact) mass is 511 g/mol. The van der Waals surface area contributed by atoms with Gasteiger partial charge >= 0.3 is 5.97 Å². The fourth-order valence-corrected chi connectivity index (χ4v) is 4.09. The first kappa shape index (κ1) is 27.1. The highest BCUT2D eigenvalue weighted by molar-refractivity contribution is 7.80. The van der Waals surface area contributed by atoms with Crippen LogP contribution in [0.3, 0.4) is 0 Å². The Morgan fingerprint density at radius 1 is 1.08 bits per heavy atom. The van der Waals surface area contributed by atoms with Crippen LogP contribution in [0.4, 0.5) is 0 Å². The van der Waals surface area contributed by atoms with E-state index in [9.17, 15) is 14.4 Å². The Hall–Kier alpha value is -3.46. The number of nitrogens with zero attached hydrogens (tertiary/aromatic N) is 1. The first-order chi connectivity index (χ1) is 17.5. The number of hydrogen-bond donors (Lipinski definition) is 2. The summed E-state index contributed by atoms with van der Waals surface area (Å²) in [6, 6.07) is 15.3. The molecule has 1 atom stereocenters. The first-order valence-corrected chi connectivity index (χ1v) is 12.7. The van der Waals surface area contributed by atoms with Gasteiger partial charge in [-0.1, -0.05) is 56.5 Å². The first-order valence-electron chi connectivity index (χ1n) is 12.3. The molecule has 2 N–H and O–H groups in total. The lowest BCUT2D eigenvalue weighted by Gasteiger charge is -2.36.